The lowest BCUT2D eigenvalue weighted by atomic mass is 9.92. The third-order valence-corrected chi connectivity index (χ3v) is 16.9. The Morgan fingerprint density at radius 3 is 1.19 bits per heavy atom. The molecule has 8 aromatic carbocycles. The molecule has 12 rings (SSSR count). The highest BCUT2D eigenvalue weighted by atomic mass is 31.2. The molecule has 17 heteroatoms. The Balaban J connectivity index is 0.000000161. The fourth-order valence-electron chi connectivity index (χ4n) is 10.2. The van der Waals surface area contributed by atoms with Gasteiger partial charge in [-0.25, -0.2) is 22.2 Å². The molecule has 0 amide bonds. The zero-order valence-electron chi connectivity index (χ0n) is 39.9. The van der Waals surface area contributed by atoms with Gasteiger partial charge in [0.05, 0.1) is 23.1 Å². The largest absolute Gasteiger partial charge is 0.548 e. The summed E-state index contributed by atoms with van der Waals surface area (Å²) in [5.74, 6) is 0.888. The van der Waals surface area contributed by atoms with Gasteiger partial charge in [-0.3, -0.25) is 0 Å². The van der Waals surface area contributed by atoms with Gasteiger partial charge in [0, 0.05) is 44.8 Å². The first-order chi connectivity index (χ1) is 36.7. The number of fused-ring (bicyclic) bond motifs is 4. The van der Waals surface area contributed by atoms with Crippen molar-refractivity contribution in [2.24, 2.45) is 10.2 Å². The quantitative estimate of drug-likeness (QED) is 0.0452. The Kier molecular flexibility index (Phi) is 13.5. The first-order valence-corrected chi connectivity index (χ1v) is 27.1. The van der Waals surface area contributed by atoms with Crippen molar-refractivity contribution >= 4 is 37.3 Å². The van der Waals surface area contributed by atoms with Crippen molar-refractivity contribution in [1.29, 1.82) is 0 Å². The van der Waals surface area contributed by atoms with E-state index < -0.39 is 21.3 Å². The lowest BCUT2D eigenvalue weighted by molar-refractivity contribution is 0.375. The van der Waals surface area contributed by atoms with Crippen LogP contribution in [-0.2, 0) is 9.13 Å². The van der Waals surface area contributed by atoms with Gasteiger partial charge in [-0.1, -0.05) is 150 Å². The van der Waals surface area contributed by atoms with Crippen LogP contribution in [0.3, 0.4) is 0 Å². The van der Waals surface area contributed by atoms with Gasteiger partial charge in [0.15, 0.2) is 0 Å². The van der Waals surface area contributed by atoms with Crippen LogP contribution in [0.15, 0.2) is 235 Å². The molecule has 370 valence electrons. The van der Waals surface area contributed by atoms with E-state index in [0.29, 0.717) is 46.7 Å². The molecule has 0 aliphatic heterocycles. The molecule has 75 heavy (non-hydrogen) atoms. The highest BCUT2D eigenvalue weighted by Crippen LogP contribution is 2.57. The van der Waals surface area contributed by atoms with E-state index in [1.54, 1.807) is 89.4 Å². The first kappa shape index (κ1) is 48.3. The van der Waals surface area contributed by atoms with Gasteiger partial charge in [0.25, 0.3) is 0 Å². The number of hydrogen-bond donors (Lipinski definition) is 0. The molecule has 0 saturated heterocycles. The van der Waals surface area contributed by atoms with E-state index in [1.165, 1.54) is 16.5 Å². The van der Waals surface area contributed by atoms with E-state index in [0.717, 1.165) is 44.3 Å². The van der Waals surface area contributed by atoms with Crippen molar-refractivity contribution < 1.29 is 31.6 Å². The standard InChI is InChI=1S/C29H22FN4O3P.C29H23N4O3P/c30-20-15-16-25-27(26-18-28(32-33-31)24-14-8-7-13-23(24)26)19-34(29(25)17-20)38(35,36-21-9-3-1-4-10-21)37-22-11-5-2-6-12-22;30-32-31-28-19-26(23-15-7-8-16-24(23)28)27-20-33(29-18-10-9-17-25(27)29)37(34,35-21-11-3-1-4-12-21)36-22-13-5-2-6-14-22/h1-17,19,26,28H,18H2;1-18,20,26,28H,19H2. The monoisotopic (exact) mass is 1030 g/mol. The maximum atomic E-state index is 14.7. The molecule has 2 heterocycles. The van der Waals surface area contributed by atoms with E-state index in [-0.39, 0.29) is 23.9 Å². The lowest BCUT2D eigenvalue weighted by Gasteiger charge is -2.21. The number of nitrogens with zero attached hydrogens (tertiary/aromatic N) is 8. The zero-order valence-corrected chi connectivity index (χ0v) is 41.7. The van der Waals surface area contributed by atoms with Gasteiger partial charge in [0.1, 0.15) is 28.8 Å². The highest BCUT2D eigenvalue weighted by molar-refractivity contribution is 7.53. The van der Waals surface area contributed by atoms with Gasteiger partial charge < -0.3 is 18.1 Å². The molecule has 0 saturated carbocycles. The average Bonchev–Trinajstić information content (AvgIpc) is 4.21. The molecule has 0 spiro atoms. The molecule has 0 radical (unpaired) electrons. The Bertz CT molecular complexity index is 3800. The van der Waals surface area contributed by atoms with Gasteiger partial charge in [-0.15, -0.1) is 0 Å². The molecule has 0 N–H and O–H groups in total. The molecule has 0 fully saturated rings. The zero-order chi connectivity index (χ0) is 51.4. The molecule has 4 atom stereocenters. The normalized spacial score (nSPS) is 16.6. The van der Waals surface area contributed by atoms with Gasteiger partial charge in [-0.2, -0.15) is 0 Å². The van der Waals surface area contributed by atoms with Crippen LogP contribution in [0.25, 0.3) is 42.7 Å². The third-order valence-electron chi connectivity index (χ3n) is 13.4. The van der Waals surface area contributed by atoms with Crippen LogP contribution in [-0.4, -0.2) is 8.68 Å². The molecule has 2 aromatic heterocycles. The smallest absolute Gasteiger partial charge is 0.400 e. The molecular weight excluding hydrogens is 986 g/mol. The summed E-state index contributed by atoms with van der Waals surface area (Å²) in [6.45, 7) is 0. The summed E-state index contributed by atoms with van der Waals surface area (Å²) in [5, 5.41) is 9.72. The summed E-state index contributed by atoms with van der Waals surface area (Å²) in [6, 6.07) is 63.0. The summed E-state index contributed by atoms with van der Waals surface area (Å²) in [5.41, 5.74) is 25.3. The number of azide groups is 2. The molecule has 14 nitrogen and oxygen atoms in total. The van der Waals surface area contributed by atoms with E-state index in [9.17, 15) is 13.5 Å². The second kappa shape index (κ2) is 20.9. The first-order valence-electron chi connectivity index (χ1n) is 24.1. The number of aromatic nitrogens is 2. The highest BCUT2D eigenvalue weighted by Gasteiger charge is 2.40. The average molecular weight is 1030 g/mol. The van der Waals surface area contributed by atoms with Crippen LogP contribution in [0, 0.1) is 5.82 Å². The fourth-order valence-corrected chi connectivity index (χ4v) is 13.6. The van der Waals surface area contributed by atoms with Crippen molar-refractivity contribution in [3.63, 3.8) is 0 Å². The van der Waals surface area contributed by atoms with Crippen molar-refractivity contribution in [3.05, 3.63) is 285 Å². The van der Waals surface area contributed by atoms with Gasteiger partial charge in [-0.05, 0) is 130 Å². The third kappa shape index (κ3) is 9.73. The number of rotatable bonds is 14. The maximum absolute atomic E-state index is 14.7. The Morgan fingerprint density at radius 2 is 0.773 bits per heavy atom. The van der Waals surface area contributed by atoms with Gasteiger partial charge in [0.2, 0.25) is 0 Å². The Labute approximate surface area is 430 Å². The summed E-state index contributed by atoms with van der Waals surface area (Å²) in [6.07, 6.45) is 4.75. The molecule has 2 aliphatic rings. The Morgan fingerprint density at radius 1 is 0.427 bits per heavy atom. The summed E-state index contributed by atoms with van der Waals surface area (Å²) in [7, 11) is -8.10. The second-order valence-electron chi connectivity index (χ2n) is 17.9. The number of halogens is 1. The van der Waals surface area contributed by atoms with Crippen LogP contribution >= 0.6 is 15.5 Å². The van der Waals surface area contributed by atoms with Crippen LogP contribution in [0.1, 0.15) is 70.1 Å². The Hall–Kier alpha value is -8.95. The number of para-hydroxylation sites is 5. The van der Waals surface area contributed by atoms with Crippen LogP contribution in [0.5, 0.6) is 23.0 Å². The van der Waals surface area contributed by atoms with Crippen LogP contribution in [0.2, 0.25) is 0 Å². The summed E-state index contributed by atoms with van der Waals surface area (Å²) >= 11 is 0. The number of hydrogen-bond acceptors (Lipinski definition) is 8. The second-order valence-corrected chi connectivity index (χ2v) is 21.3. The van der Waals surface area contributed by atoms with E-state index in [2.05, 4.69) is 26.1 Å². The summed E-state index contributed by atoms with van der Waals surface area (Å²) in [4.78, 5) is 6.12. The van der Waals surface area contributed by atoms with Gasteiger partial charge >= 0.3 is 15.5 Å². The topological polar surface area (TPSA) is 178 Å². The lowest BCUT2D eigenvalue weighted by Crippen LogP contribution is -2.09. The fraction of sp³-hybridized carbons (Fsp3) is 0.103. The minimum absolute atomic E-state index is 0.0419. The van der Waals surface area contributed by atoms with E-state index >= 15 is 0 Å². The SMILES string of the molecule is [N-]=[N+]=NC1CC(c2cn(P(=O)(Oc3ccccc3)Oc3ccccc3)c3cc(F)ccc23)c2ccccc21.[N-]=[N+]=NC1CC(c2cn(P(=O)(Oc3ccccc3)Oc3ccccc3)c3ccccc23)c2ccccc21. The van der Waals surface area contributed by atoms with Crippen molar-refractivity contribution in [2.75, 3.05) is 0 Å². The molecule has 2 aliphatic carbocycles. The molecule has 0 bridgehead atoms. The van der Waals surface area contributed by atoms with Crippen molar-refractivity contribution in [2.45, 2.75) is 36.8 Å². The van der Waals surface area contributed by atoms with Crippen molar-refractivity contribution in [3.8, 4) is 23.0 Å². The van der Waals surface area contributed by atoms with E-state index in [1.807, 2.05) is 121 Å². The molecule has 10 aromatic rings. The molecule has 4 unspecified atom stereocenters. The maximum Gasteiger partial charge on any atom is 0.548 e. The van der Waals surface area contributed by atoms with E-state index in [4.69, 9.17) is 29.2 Å². The summed E-state index contributed by atoms with van der Waals surface area (Å²) < 4.78 is 71.3. The predicted octanol–water partition coefficient (Wildman–Crippen LogP) is 17.4. The minimum atomic E-state index is -4.14. The van der Waals surface area contributed by atoms with Crippen LogP contribution < -0.4 is 18.1 Å². The predicted molar refractivity (Wildman–Crippen MR) is 288 cm³/mol. The van der Waals surface area contributed by atoms with Crippen molar-refractivity contribution in [1.82, 2.24) is 8.68 Å². The molecular formula is C58H45FN8O6P2. The minimum Gasteiger partial charge on any atom is -0.400 e. The van der Waals surface area contributed by atoms with Crippen LogP contribution in [0.4, 0.5) is 4.39 Å². The number of benzene rings is 8.